The lowest BCUT2D eigenvalue weighted by atomic mass is 9.95. The molecule has 3 rings (SSSR count). The Balaban J connectivity index is 1.49. The van der Waals surface area contributed by atoms with E-state index in [4.69, 9.17) is 32.7 Å². The third-order valence-corrected chi connectivity index (χ3v) is 5.93. The van der Waals surface area contributed by atoms with Gasteiger partial charge in [0.2, 0.25) is 11.8 Å². The van der Waals surface area contributed by atoms with Crippen LogP contribution in [0.25, 0.3) is 0 Å². The molecule has 2 aromatic carbocycles. The molecular formula is C22H25Cl2N3O4. The van der Waals surface area contributed by atoms with Crippen molar-refractivity contribution >= 4 is 46.4 Å². The maximum absolute atomic E-state index is 12.7. The molecule has 0 aromatic heterocycles. The van der Waals surface area contributed by atoms with E-state index < -0.39 is 0 Å². The molecule has 1 aliphatic heterocycles. The zero-order valence-corrected chi connectivity index (χ0v) is 18.9. The van der Waals surface area contributed by atoms with Gasteiger partial charge in [0, 0.05) is 17.7 Å². The van der Waals surface area contributed by atoms with Gasteiger partial charge >= 0.3 is 0 Å². The fourth-order valence-corrected chi connectivity index (χ4v) is 3.78. The number of carbonyl (C=O) groups excluding carboxylic acids is 2. The number of hydrogen-bond acceptors (Lipinski definition) is 5. The first-order valence-electron chi connectivity index (χ1n) is 9.89. The summed E-state index contributed by atoms with van der Waals surface area (Å²) in [6.07, 6.45) is 1.33. The Labute approximate surface area is 191 Å². The van der Waals surface area contributed by atoms with Gasteiger partial charge in [-0.2, -0.15) is 0 Å². The first-order chi connectivity index (χ1) is 14.9. The molecule has 7 nitrogen and oxygen atoms in total. The van der Waals surface area contributed by atoms with E-state index >= 15 is 0 Å². The molecule has 0 radical (unpaired) electrons. The monoisotopic (exact) mass is 465 g/mol. The Morgan fingerprint density at radius 1 is 1.00 bits per heavy atom. The topological polar surface area (TPSA) is 79.9 Å². The van der Waals surface area contributed by atoms with Crippen molar-refractivity contribution in [1.82, 2.24) is 4.90 Å². The van der Waals surface area contributed by atoms with Crippen molar-refractivity contribution in [3.63, 3.8) is 0 Å². The van der Waals surface area contributed by atoms with Crippen LogP contribution < -0.4 is 20.1 Å². The summed E-state index contributed by atoms with van der Waals surface area (Å²) in [4.78, 5) is 27.1. The molecule has 1 fully saturated rings. The highest BCUT2D eigenvalue weighted by Gasteiger charge is 2.26. The van der Waals surface area contributed by atoms with Crippen LogP contribution in [0.4, 0.5) is 11.4 Å². The van der Waals surface area contributed by atoms with Crippen LogP contribution in [0.2, 0.25) is 10.0 Å². The Kier molecular flexibility index (Phi) is 8.01. The normalized spacial score (nSPS) is 14.7. The summed E-state index contributed by atoms with van der Waals surface area (Å²) in [6.45, 7) is 1.56. The van der Waals surface area contributed by atoms with Crippen molar-refractivity contribution in [3.8, 4) is 11.5 Å². The molecule has 1 aliphatic rings. The van der Waals surface area contributed by atoms with E-state index in [1.54, 1.807) is 50.6 Å². The minimum atomic E-state index is -0.137. The molecule has 0 saturated carbocycles. The van der Waals surface area contributed by atoms with E-state index in [1.807, 2.05) is 4.90 Å². The number of benzene rings is 2. The summed E-state index contributed by atoms with van der Waals surface area (Å²) in [5.41, 5.74) is 1.18. The molecule has 2 aromatic rings. The maximum atomic E-state index is 12.7. The van der Waals surface area contributed by atoms with Gasteiger partial charge in [0.25, 0.3) is 0 Å². The van der Waals surface area contributed by atoms with Gasteiger partial charge in [0.15, 0.2) is 0 Å². The Hall–Kier alpha value is -2.48. The number of nitrogens with zero attached hydrogens (tertiary/aromatic N) is 1. The molecule has 2 N–H and O–H groups in total. The summed E-state index contributed by atoms with van der Waals surface area (Å²) >= 11 is 11.9. The molecular weight excluding hydrogens is 441 g/mol. The molecule has 0 bridgehead atoms. The van der Waals surface area contributed by atoms with Gasteiger partial charge in [-0.25, -0.2) is 0 Å². The van der Waals surface area contributed by atoms with Gasteiger partial charge in [-0.15, -0.1) is 0 Å². The predicted octanol–water partition coefficient (Wildman–Crippen LogP) is 4.30. The highest BCUT2D eigenvalue weighted by molar-refractivity contribution is 6.42. The number of likely N-dealkylation sites (tertiary alicyclic amines) is 1. The first-order valence-corrected chi connectivity index (χ1v) is 10.7. The Bertz CT molecular complexity index is 946. The van der Waals surface area contributed by atoms with E-state index in [2.05, 4.69) is 10.6 Å². The van der Waals surface area contributed by atoms with Gasteiger partial charge in [-0.05, 0) is 56.3 Å². The summed E-state index contributed by atoms with van der Waals surface area (Å²) in [7, 11) is 3.12. The number of hydrogen-bond donors (Lipinski definition) is 2. The average molecular weight is 466 g/mol. The van der Waals surface area contributed by atoms with E-state index in [0.717, 1.165) is 0 Å². The second kappa shape index (κ2) is 10.7. The van der Waals surface area contributed by atoms with Crippen LogP contribution in [0.5, 0.6) is 11.5 Å². The third kappa shape index (κ3) is 6.26. The third-order valence-electron chi connectivity index (χ3n) is 5.19. The summed E-state index contributed by atoms with van der Waals surface area (Å²) < 4.78 is 10.5. The lowest BCUT2D eigenvalue weighted by Gasteiger charge is -2.30. The minimum absolute atomic E-state index is 0.0635. The first kappa shape index (κ1) is 23.2. The van der Waals surface area contributed by atoms with Gasteiger partial charge in [-0.3, -0.25) is 14.5 Å². The number of ether oxygens (including phenoxy) is 2. The fraction of sp³-hybridized carbons (Fsp3) is 0.364. The molecule has 31 heavy (non-hydrogen) atoms. The number of carbonyl (C=O) groups is 2. The van der Waals surface area contributed by atoms with Gasteiger partial charge in [0.05, 0.1) is 36.5 Å². The zero-order valence-electron chi connectivity index (χ0n) is 17.4. The number of nitrogens with one attached hydrogen (secondary N) is 2. The zero-order chi connectivity index (χ0) is 22.4. The van der Waals surface area contributed by atoms with Crippen molar-refractivity contribution in [2.24, 2.45) is 5.92 Å². The molecule has 166 valence electrons. The van der Waals surface area contributed by atoms with E-state index in [9.17, 15) is 9.59 Å². The van der Waals surface area contributed by atoms with Crippen LogP contribution in [0.3, 0.4) is 0 Å². The predicted molar refractivity (Wildman–Crippen MR) is 122 cm³/mol. The molecule has 0 spiro atoms. The highest BCUT2D eigenvalue weighted by Crippen LogP contribution is 2.30. The number of anilines is 2. The van der Waals surface area contributed by atoms with Crippen LogP contribution in [0, 0.1) is 5.92 Å². The van der Waals surface area contributed by atoms with Crippen molar-refractivity contribution in [3.05, 3.63) is 46.4 Å². The minimum Gasteiger partial charge on any atom is -0.497 e. The second-order valence-corrected chi connectivity index (χ2v) is 8.10. The molecule has 0 aliphatic carbocycles. The van der Waals surface area contributed by atoms with E-state index in [-0.39, 0.29) is 24.3 Å². The molecule has 1 heterocycles. The standard InChI is InChI=1S/C22H25Cl2N3O4/c1-30-16-4-6-20(31-2)19(12-16)26-22(29)14-7-9-27(10-8-14)13-21(28)25-15-3-5-17(23)18(24)11-15/h3-6,11-12,14H,7-10,13H2,1-2H3,(H,25,28)(H,26,29). The lowest BCUT2D eigenvalue weighted by molar-refractivity contribution is -0.121. The van der Waals surface area contributed by atoms with Gasteiger partial charge in [0.1, 0.15) is 11.5 Å². The summed E-state index contributed by atoms with van der Waals surface area (Å²) in [5.74, 6) is 0.878. The lowest BCUT2D eigenvalue weighted by Crippen LogP contribution is -2.41. The quantitative estimate of drug-likeness (QED) is 0.636. The molecule has 1 saturated heterocycles. The number of rotatable bonds is 7. The Morgan fingerprint density at radius 3 is 2.39 bits per heavy atom. The summed E-state index contributed by atoms with van der Waals surface area (Å²) in [6, 6.07) is 10.2. The maximum Gasteiger partial charge on any atom is 0.238 e. The molecule has 9 heteroatoms. The fourth-order valence-electron chi connectivity index (χ4n) is 3.48. The number of piperidine rings is 1. The Morgan fingerprint density at radius 2 is 1.74 bits per heavy atom. The second-order valence-electron chi connectivity index (χ2n) is 7.28. The van der Waals surface area contributed by atoms with Crippen LogP contribution in [-0.4, -0.2) is 50.6 Å². The van der Waals surface area contributed by atoms with Crippen LogP contribution in [-0.2, 0) is 9.59 Å². The van der Waals surface area contributed by atoms with Crippen molar-refractivity contribution < 1.29 is 19.1 Å². The van der Waals surface area contributed by atoms with Gasteiger partial charge in [-0.1, -0.05) is 23.2 Å². The van der Waals surface area contributed by atoms with Gasteiger partial charge < -0.3 is 20.1 Å². The van der Waals surface area contributed by atoms with Crippen molar-refractivity contribution in [2.45, 2.75) is 12.8 Å². The smallest absolute Gasteiger partial charge is 0.238 e. The van der Waals surface area contributed by atoms with Crippen molar-refractivity contribution in [1.29, 1.82) is 0 Å². The van der Waals surface area contributed by atoms with E-state index in [1.165, 1.54) is 0 Å². The number of methoxy groups -OCH3 is 2. The van der Waals surface area contributed by atoms with E-state index in [0.29, 0.717) is 58.9 Å². The van der Waals surface area contributed by atoms with Crippen LogP contribution in [0.15, 0.2) is 36.4 Å². The van der Waals surface area contributed by atoms with Crippen molar-refractivity contribution in [2.75, 3.05) is 44.5 Å². The number of halogens is 2. The molecule has 0 unspecified atom stereocenters. The highest BCUT2D eigenvalue weighted by atomic mass is 35.5. The molecule has 0 atom stereocenters. The van der Waals surface area contributed by atoms with Crippen LogP contribution >= 0.6 is 23.2 Å². The number of amides is 2. The SMILES string of the molecule is COc1ccc(OC)c(NC(=O)C2CCN(CC(=O)Nc3ccc(Cl)c(Cl)c3)CC2)c1. The summed E-state index contributed by atoms with van der Waals surface area (Å²) in [5, 5.41) is 6.58. The average Bonchev–Trinajstić information content (AvgIpc) is 2.76. The molecule has 2 amide bonds. The largest absolute Gasteiger partial charge is 0.497 e. The van der Waals surface area contributed by atoms with Crippen LogP contribution in [0.1, 0.15) is 12.8 Å².